The Morgan fingerprint density at radius 2 is 0.787 bits per heavy atom. The van der Waals surface area contributed by atoms with E-state index in [9.17, 15) is 0 Å². The number of furan rings is 1. The summed E-state index contributed by atoms with van der Waals surface area (Å²) < 4.78 is 6.26. The Morgan fingerprint density at radius 3 is 1.38 bits per heavy atom. The van der Waals surface area contributed by atoms with Gasteiger partial charge in [-0.05, 0) is 88.8 Å². The predicted molar refractivity (Wildman–Crippen MR) is 197 cm³/mol. The van der Waals surface area contributed by atoms with E-state index in [1.54, 1.807) is 0 Å². The van der Waals surface area contributed by atoms with E-state index < -0.39 is 0 Å². The monoisotopic (exact) mass is 603 g/mol. The van der Waals surface area contributed by atoms with Crippen LogP contribution in [-0.4, -0.2) is 0 Å². The van der Waals surface area contributed by atoms with Gasteiger partial charge in [0.25, 0.3) is 0 Å². The average molecular weight is 604 g/mol. The highest BCUT2D eigenvalue weighted by molar-refractivity contribution is 5.88. The molecule has 8 aromatic rings. The summed E-state index contributed by atoms with van der Waals surface area (Å²) >= 11 is 0. The third-order valence-electron chi connectivity index (χ3n) is 8.89. The Labute approximate surface area is 275 Å². The third kappa shape index (κ3) is 5.62. The number of hydrogen-bond acceptors (Lipinski definition) is 2. The summed E-state index contributed by atoms with van der Waals surface area (Å²) in [6, 6.07) is 64.4. The van der Waals surface area contributed by atoms with Gasteiger partial charge in [-0.3, -0.25) is 0 Å². The van der Waals surface area contributed by atoms with Gasteiger partial charge in [0.1, 0.15) is 11.3 Å². The van der Waals surface area contributed by atoms with E-state index in [-0.39, 0.29) is 0 Å². The first-order valence-electron chi connectivity index (χ1n) is 16.0. The quantitative estimate of drug-likeness (QED) is 0.180. The van der Waals surface area contributed by atoms with Crippen LogP contribution in [-0.2, 0) is 0 Å². The zero-order valence-corrected chi connectivity index (χ0v) is 26.2. The molecule has 0 atom stereocenters. The average Bonchev–Trinajstić information content (AvgIpc) is 3.49. The first-order chi connectivity index (χ1) is 23.2. The van der Waals surface area contributed by atoms with Gasteiger partial charge in [-0.2, -0.15) is 0 Å². The number of benzene rings is 7. The van der Waals surface area contributed by atoms with Crippen LogP contribution >= 0.6 is 0 Å². The van der Waals surface area contributed by atoms with Gasteiger partial charge in [0.2, 0.25) is 0 Å². The minimum absolute atomic E-state index is 0.925. The van der Waals surface area contributed by atoms with Crippen molar-refractivity contribution >= 4 is 28.0 Å². The SMILES string of the molecule is Cc1c(-c2cccc(-c3ccc(-c4ccc(N(c5ccccc5)c5ccc(-c6ccccc6)cc5)cc4)cc3)c2)oc2ccccc12. The van der Waals surface area contributed by atoms with Crippen molar-refractivity contribution in [1.29, 1.82) is 0 Å². The lowest BCUT2D eigenvalue weighted by molar-refractivity contribution is 0.629. The molecular weight excluding hydrogens is 571 g/mol. The summed E-state index contributed by atoms with van der Waals surface area (Å²) in [6.07, 6.45) is 0. The molecule has 2 nitrogen and oxygen atoms in total. The molecule has 0 bridgehead atoms. The molecule has 0 aliphatic carbocycles. The molecule has 224 valence electrons. The van der Waals surface area contributed by atoms with E-state index in [2.05, 4.69) is 182 Å². The van der Waals surface area contributed by atoms with Crippen molar-refractivity contribution in [2.24, 2.45) is 0 Å². The van der Waals surface area contributed by atoms with Crippen LogP contribution in [0.3, 0.4) is 0 Å². The van der Waals surface area contributed by atoms with Crippen LogP contribution in [0.1, 0.15) is 5.56 Å². The van der Waals surface area contributed by atoms with Crippen molar-refractivity contribution in [3.63, 3.8) is 0 Å². The van der Waals surface area contributed by atoms with Gasteiger partial charge >= 0.3 is 0 Å². The third-order valence-corrected chi connectivity index (χ3v) is 8.89. The largest absolute Gasteiger partial charge is 0.456 e. The van der Waals surface area contributed by atoms with Gasteiger partial charge < -0.3 is 9.32 Å². The Bertz CT molecular complexity index is 2270. The summed E-state index contributed by atoms with van der Waals surface area (Å²) in [5.74, 6) is 0.932. The second-order valence-corrected chi connectivity index (χ2v) is 11.8. The van der Waals surface area contributed by atoms with Crippen LogP contribution in [0.15, 0.2) is 186 Å². The highest BCUT2D eigenvalue weighted by Gasteiger charge is 2.14. The van der Waals surface area contributed by atoms with Crippen molar-refractivity contribution in [3.05, 3.63) is 188 Å². The minimum atomic E-state index is 0.925. The molecule has 47 heavy (non-hydrogen) atoms. The summed E-state index contributed by atoms with van der Waals surface area (Å²) in [5.41, 5.74) is 13.7. The Morgan fingerprint density at radius 1 is 0.362 bits per heavy atom. The van der Waals surface area contributed by atoms with Crippen molar-refractivity contribution < 1.29 is 4.42 Å². The lowest BCUT2D eigenvalue weighted by Crippen LogP contribution is -2.09. The summed E-state index contributed by atoms with van der Waals surface area (Å²) in [6.45, 7) is 2.13. The molecule has 0 saturated carbocycles. The van der Waals surface area contributed by atoms with E-state index in [4.69, 9.17) is 4.42 Å². The van der Waals surface area contributed by atoms with Gasteiger partial charge in [0, 0.05) is 33.6 Å². The molecule has 0 aliphatic rings. The highest BCUT2D eigenvalue weighted by atomic mass is 16.3. The van der Waals surface area contributed by atoms with E-state index in [0.29, 0.717) is 0 Å². The molecule has 1 heterocycles. The van der Waals surface area contributed by atoms with E-state index in [1.165, 1.54) is 38.9 Å². The smallest absolute Gasteiger partial charge is 0.138 e. The van der Waals surface area contributed by atoms with E-state index in [1.807, 2.05) is 12.1 Å². The van der Waals surface area contributed by atoms with Gasteiger partial charge in [-0.25, -0.2) is 0 Å². The van der Waals surface area contributed by atoms with Crippen LogP contribution < -0.4 is 4.90 Å². The lowest BCUT2D eigenvalue weighted by Gasteiger charge is -2.26. The second kappa shape index (κ2) is 12.3. The molecule has 0 saturated heterocycles. The fourth-order valence-corrected chi connectivity index (χ4v) is 6.41. The number of para-hydroxylation sites is 2. The Kier molecular flexibility index (Phi) is 7.45. The molecule has 0 aliphatic heterocycles. The van der Waals surface area contributed by atoms with E-state index in [0.717, 1.165) is 39.4 Å². The van der Waals surface area contributed by atoms with Crippen LogP contribution in [0.2, 0.25) is 0 Å². The maximum atomic E-state index is 6.26. The predicted octanol–water partition coefficient (Wildman–Crippen LogP) is 12.9. The number of fused-ring (bicyclic) bond motifs is 1. The van der Waals surface area contributed by atoms with Crippen molar-refractivity contribution in [2.75, 3.05) is 4.90 Å². The fourth-order valence-electron chi connectivity index (χ4n) is 6.41. The maximum absolute atomic E-state index is 6.26. The number of hydrogen-bond donors (Lipinski definition) is 0. The summed E-state index contributed by atoms with van der Waals surface area (Å²) in [4.78, 5) is 2.30. The van der Waals surface area contributed by atoms with Gasteiger partial charge in [-0.1, -0.05) is 133 Å². The molecular formula is C45H33NO. The molecule has 0 unspecified atom stereocenters. The summed E-state index contributed by atoms with van der Waals surface area (Å²) in [7, 11) is 0. The molecule has 8 rings (SSSR count). The Hall–Kier alpha value is -6.12. The highest BCUT2D eigenvalue weighted by Crippen LogP contribution is 2.38. The number of nitrogens with zero attached hydrogens (tertiary/aromatic N) is 1. The number of aryl methyl sites for hydroxylation is 1. The lowest BCUT2D eigenvalue weighted by atomic mass is 9.97. The van der Waals surface area contributed by atoms with Crippen LogP contribution in [0, 0.1) is 6.92 Å². The summed E-state index contributed by atoms with van der Waals surface area (Å²) in [5, 5.41) is 1.16. The van der Waals surface area contributed by atoms with Crippen LogP contribution in [0.5, 0.6) is 0 Å². The first kappa shape index (κ1) is 28.4. The van der Waals surface area contributed by atoms with Gasteiger partial charge in [0.05, 0.1) is 0 Å². The van der Waals surface area contributed by atoms with Crippen LogP contribution in [0.25, 0.3) is 55.7 Å². The van der Waals surface area contributed by atoms with Crippen molar-refractivity contribution in [3.8, 4) is 44.7 Å². The normalized spacial score (nSPS) is 11.1. The molecule has 0 amide bonds. The molecule has 0 radical (unpaired) electrons. The molecule has 7 aromatic carbocycles. The zero-order valence-electron chi connectivity index (χ0n) is 26.2. The second-order valence-electron chi connectivity index (χ2n) is 11.8. The molecule has 1 aromatic heterocycles. The van der Waals surface area contributed by atoms with Gasteiger partial charge in [-0.15, -0.1) is 0 Å². The van der Waals surface area contributed by atoms with Crippen LogP contribution in [0.4, 0.5) is 17.1 Å². The first-order valence-corrected chi connectivity index (χ1v) is 16.0. The number of rotatable bonds is 7. The zero-order chi connectivity index (χ0) is 31.6. The van der Waals surface area contributed by atoms with Crippen molar-refractivity contribution in [1.82, 2.24) is 0 Å². The van der Waals surface area contributed by atoms with Gasteiger partial charge in [0.15, 0.2) is 0 Å². The maximum Gasteiger partial charge on any atom is 0.138 e. The Balaban J connectivity index is 1.06. The molecule has 0 fully saturated rings. The van der Waals surface area contributed by atoms with E-state index >= 15 is 0 Å². The molecule has 0 spiro atoms. The fraction of sp³-hybridized carbons (Fsp3) is 0.0222. The van der Waals surface area contributed by atoms with Crippen molar-refractivity contribution in [2.45, 2.75) is 6.92 Å². The number of anilines is 3. The molecule has 2 heteroatoms. The molecule has 0 N–H and O–H groups in total. The topological polar surface area (TPSA) is 16.4 Å². The standard InChI is InChI=1S/C45H33NO/c1-32-43-17-8-9-18-44(43)47-45(32)39-14-10-13-38(31-39)37-21-19-34(20-22-37)36-25-29-42(30-26-36)46(40-15-6-3-7-16-40)41-27-23-35(24-28-41)33-11-4-2-5-12-33/h2-31H,1H3. The minimum Gasteiger partial charge on any atom is -0.456 e.